The van der Waals surface area contributed by atoms with Crippen LogP contribution in [0, 0.1) is 5.82 Å². The quantitative estimate of drug-likeness (QED) is 0.884. The Labute approximate surface area is 151 Å². The third kappa shape index (κ3) is 4.30. The van der Waals surface area contributed by atoms with Gasteiger partial charge in [0, 0.05) is 29.1 Å². The van der Waals surface area contributed by atoms with Crippen molar-refractivity contribution in [2.45, 2.75) is 19.0 Å². The van der Waals surface area contributed by atoms with Crippen LogP contribution in [0.25, 0.3) is 0 Å². The number of amides is 1. The van der Waals surface area contributed by atoms with Gasteiger partial charge in [-0.3, -0.25) is 9.69 Å². The molecule has 6 heteroatoms. The standard InChI is InChI=1S/C19H20ClFN2O2/c1-23(11-14-15(20)6-4-7-16(14)21)12-19(24)22-17-9-10-25-18-8-3-2-5-13(17)18/h2-8,17H,9-12H2,1H3,(H,22,24). The summed E-state index contributed by atoms with van der Waals surface area (Å²) in [6.45, 7) is 0.996. The van der Waals surface area contributed by atoms with E-state index in [0.29, 0.717) is 17.2 Å². The SMILES string of the molecule is CN(CC(=O)NC1CCOc2ccccc21)Cc1c(F)cccc1Cl. The predicted molar refractivity (Wildman–Crippen MR) is 95.2 cm³/mol. The molecule has 0 spiro atoms. The summed E-state index contributed by atoms with van der Waals surface area (Å²) in [6.07, 6.45) is 0.728. The fraction of sp³-hybridized carbons (Fsp3) is 0.316. The summed E-state index contributed by atoms with van der Waals surface area (Å²) >= 11 is 6.04. The highest BCUT2D eigenvalue weighted by atomic mass is 35.5. The highest BCUT2D eigenvalue weighted by Crippen LogP contribution is 2.31. The fourth-order valence-electron chi connectivity index (χ4n) is 2.99. The number of benzene rings is 2. The molecule has 1 N–H and O–H groups in total. The lowest BCUT2D eigenvalue weighted by molar-refractivity contribution is -0.123. The molecule has 3 rings (SSSR count). The van der Waals surface area contributed by atoms with E-state index in [9.17, 15) is 9.18 Å². The molecule has 0 aliphatic carbocycles. The molecule has 0 fully saturated rings. The summed E-state index contributed by atoms with van der Waals surface area (Å²) < 4.78 is 19.5. The zero-order valence-electron chi connectivity index (χ0n) is 14.0. The number of likely N-dealkylation sites (N-methyl/N-ethyl adjacent to an activating group) is 1. The third-order valence-corrected chi connectivity index (χ3v) is 4.55. The molecule has 1 aliphatic rings. The van der Waals surface area contributed by atoms with Gasteiger partial charge < -0.3 is 10.1 Å². The van der Waals surface area contributed by atoms with Crippen molar-refractivity contribution in [3.05, 3.63) is 64.4 Å². The largest absolute Gasteiger partial charge is 0.493 e. The molecule has 1 unspecified atom stereocenters. The van der Waals surface area contributed by atoms with Crippen LogP contribution < -0.4 is 10.1 Å². The lowest BCUT2D eigenvalue weighted by Gasteiger charge is -2.27. The monoisotopic (exact) mass is 362 g/mol. The average Bonchev–Trinajstić information content (AvgIpc) is 2.58. The summed E-state index contributed by atoms with van der Waals surface area (Å²) in [5, 5.41) is 3.40. The highest BCUT2D eigenvalue weighted by molar-refractivity contribution is 6.31. The Balaban J connectivity index is 1.60. The van der Waals surface area contributed by atoms with Gasteiger partial charge >= 0.3 is 0 Å². The molecule has 25 heavy (non-hydrogen) atoms. The molecule has 4 nitrogen and oxygen atoms in total. The van der Waals surface area contributed by atoms with E-state index < -0.39 is 0 Å². The first-order valence-corrected chi connectivity index (χ1v) is 8.55. The van der Waals surface area contributed by atoms with Gasteiger partial charge in [-0.25, -0.2) is 4.39 Å². The molecule has 0 bridgehead atoms. The van der Waals surface area contributed by atoms with Crippen molar-refractivity contribution in [3.8, 4) is 5.75 Å². The number of carbonyl (C=O) groups is 1. The Bertz CT molecular complexity index is 749. The van der Waals surface area contributed by atoms with Crippen molar-refractivity contribution in [2.75, 3.05) is 20.2 Å². The van der Waals surface area contributed by atoms with Gasteiger partial charge in [0.25, 0.3) is 0 Å². The van der Waals surface area contributed by atoms with Crippen LogP contribution in [0.15, 0.2) is 42.5 Å². The van der Waals surface area contributed by atoms with Crippen LogP contribution in [-0.4, -0.2) is 31.0 Å². The smallest absolute Gasteiger partial charge is 0.234 e. The Morgan fingerprint density at radius 1 is 1.32 bits per heavy atom. The van der Waals surface area contributed by atoms with Crippen LogP contribution in [0.4, 0.5) is 4.39 Å². The van der Waals surface area contributed by atoms with E-state index in [1.807, 2.05) is 24.3 Å². The number of fused-ring (bicyclic) bond motifs is 1. The van der Waals surface area contributed by atoms with Crippen LogP contribution in [0.2, 0.25) is 5.02 Å². The van der Waals surface area contributed by atoms with Crippen LogP contribution >= 0.6 is 11.6 Å². The van der Waals surface area contributed by atoms with Gasteiger partial charge in [0.05, 0.1) is 19.2 Å². The third-order valence-electron chi connectivity index (χ3n) is 4.20. The zero-order chi connectivity index (χ0) is 17.8. The van der Waals surface area contributed by atoms with Crippen molar-refractivity contribution < 1.29 is 13.9 Å². The summed E-state index contributed by atoms with van der Waals surface area (Å²) in [4.78, 5) is 14.1. The number of rotatable bonds is 5. The van der Waals surface area contributed by atoms with Crippen LogP contribution in [0.3, 0.4) is 0 Å². The Morgan fingerprint density at radius 2 is 2.12 bits per heavy atom. The van der Waals surface area contributed by atoms with Gasteiger partial charge in [-0.2, -0.15) is 0 Å². The normalized spacial score (nSPS) is 16.2. The number of halogens is 2. The van der Waals surface area contributed by atoms with Crippen molar-refractivity contribution in [3.63, 3.8) is 0 Å². The van der Waals surface area contributed by atoms with E-state index in [0.717, 1.165) is 17.7 Å². The van der Waals surface area contributed by atoms with E-state index in [1.54, 1.807) is 24.1 Å². The molecule has 2 aromatic rings. The Morgan fingerprint density at radius 3 is 2.92 bits per heavy atom. The molecule has 2 aromatic carbocycles. The summed E-state index contributed by atoms with van der Waals surface area (Å²) in [7, 11) is 1.76. The van der Waals surface area contributed by atoms with Crippen LogP contribution in [-0.2, 0) is 11.3 Å². The van der Waals surface area contributed by atoms with E-state index in [4.69, 9.17) is 16.3 Å². The molecule has 1 amide bonds. The maximum Gasteiger partial charge on any atom is 0.234 e. The topological polar surface area (TPSA) is 41.6 Å². The van der Waals surface area contributed by atoms with Crippen molar-refractivity contribution in [1.82, 2.24) is 10.2 Å². The number of hydrogen-bond acceptors (Lipinski definition) is 3. The number of para-hydroxylation sites is 1. The van der Waals surface area contributed by atoms with E-state index in [-0.39, 0.29) is 30.9 Å². The molecule has 1 atom stereocenters. The lowest BCUT2D eigenvalue weighted by atomic mass is 10.0. The molecule has 0 saturated heterocycles. The first-order valence-electron chi connectivity index (χ1n) is 8.17. The number of hydrogen-bond donors (Lipinski definition) is 1. The Kier molecular flexibility index (Phi) is 5.56. The van der Waals surface area contributed by atoms with Gasteiger partial charge in [-0.1, -0.05) is 35.9 Å². The van der Waals surface area contributed by atoms with E-state index in [1.165, 1.54) is 6.07 Å². The minimum Gasteiger partial charge on any atom is -0.493 e. The molecule has 0 aromatic heterocycles. The van der Waals surface area contributed by atoms with Crippen molar-refractivity contribution in [1.29, 1.82) is 0 Å². The minimum atomic E-state index is -0.363. The molecule has 0 radical (unpaired) electrons. The molecule has 0 saturated carbocycles. The van der Waals surface area contributed by atoms with Gasteiger partial charge in [-0.05, 0) is 25.2 Å². The molecule has 1 aliphatic heterocycles. The van der Waals surface area contributed by atoms with Crippen molar-refractivity contribution >= 4 is 17.5 Å². The number of nitrogens with one attached hydrogen (secondary N) is 1. The average molecular weight is 363 g/mol. The maximum absolute atomic E-state index is 13.9. The predicted octanol–water partition coefficient (Wildman–Crippen LogP) is 3.55. The van der Waals surface area contributed by atoms with Gasteiger partial charge in [0.15, 0.2) is 0 Å². The second kappa shape index (κ2) is 7.85. The second-order valence-electron chi connectivity index (χ2n) is 6.17. The maximum atomic E-state index is 13.9. The summed E-state index contributed by atoms with van der Waals surface area (Å²) in [6, 6.07) is 12.2. The molecule has 132 valence electrons. The lowest BCUT2D eigenvalue weighted by Crippen LogP contribution is -2.38. The molecular formula is C19H20ClFN2O2. The second-order valence-corrected chi connectivity index (χ2v) is 6.57. The first-order chi connectivity index (χ1) is 12.0. The zero-order valence-corrected chi connectivity index (χ0v) is 14.7. The number of ether oxygens (including phenoxy) is 1. The van der Waals surface area contributed by atoms with Gasteiger partial charge in [0.1, 0.15) is 11.6 Å². The summed E-state index contributed by atoms with van der Waals surface area (Å²) in [5.41, 5.74) is 1.39. The summed E-state index contributed by atoms with van der Waals surface area (Å²) in [5.74, 6) is 0.334. The van der Waals surface area contributed by atoms with E-state index in [2.05, 4.69) is 5.32 Å². The Hall–Kier alpha value is -2.11. The fourth-order valence-corrected chi connectivity index (χ4v) is 3.21. The van der Waals surface area contributed by atoms with E-state index >= 15 is 0 Å². The first kappa shape index (κ1) is 17.7. The number of carbonyl (C=O) groups excluding carboxylic acids is 1. The highest BCUT2D eigenvalue weighted by Gasteiger charge is 2.23. The molecular weight excluding hydrogens is 343 g/mol. The molecule has 1 heterocycles. The van der Waals surface area contributed by atoms with Crippen LogP contribution in [0.1, 0.15) is 23.6 Å². The van der Waals surface area contributed by atoms with Gasteiger partial charge in [0.2, 0.25) is 5.91 Å². The number of nitrogens with zero attached hydrogens (tertiary/aromatic N) is 1. The van der Waals surface area contributed by atoms with Gasteiger partial charge in [-0.15, -0.1) is 0 Å². The minimum absolute atomic E-state index is 0.0668. The van der Waals surface area contributed by atoms with Crippen LogP contribution in [0.5, 0.6) is 5.75 Å². The van der Waals surface area contributed by atoms with Crippen molar-refractivity contribution in [2.24, 2.45) is 0 Å².